The fourth-order valence-corrected chi connectivity index (χ4v) is 4.51. The summed E-state index contributed by atoms with van der Waals surface area (Å²) in [5, 5.41) is 0.785. The minimum absolute atomic E-state index is 0. The standard InChI is InChI=1S/C14H20Cl2N2O2S.ClH/c1-14(2)9-18(6-5-13(14)17)21(19,20)8-10-3-4-11(15)12(16)7-10;/h3-4,7,13H,5-6,8-9,17H2,1-2H3;1H. The van der Waals surface area contributed by atoms with Gasteiger partial charge in [-0.3, -0.25) is 0 Å². The summed E-state index contributed by atoms with van der Waals surface area (Å²) in [6, 6.07) is 4.92. The van der Waals surface area contributed by atoms with Crippen molar-refractivity contribution in [1.29, 1.82) is 0 Å². The number of nitrogens with zero attached hydrogens (tertiary/aromatic N) is 1. The third kappa shape index (κ3) is 4.49. The molecule has 1 aliphatic rings. The maximum Gasteiger partial charge on any atom is 0.218 e. The van der Waals surface area contributed by atoms with E-state index in [0.29, 0.717) is 35.1 Å². The van der Waals surface area contributed by atoms with Gasteiger partial charge >= 0.3 is 0 Å². The van der Waals surface area contributed by atoms with Crippen LogP contribution in [-0.4, -0.2) is 31.9 Å². The largest absolute Gasteiger partial charge is 0.327 e. The predicted octanol–water partition coefficient (Wildman–Crippen LogP) is 3.30. The Hall–Kier alpha value is -0.0400. The van der Waals surface area contributed by atoms with Gasteiger partial charge in [-0.05, 0) is 29.5 Å². The molecule has 126 valence electrons. The molecule has 1 unspecified atom stereocenters. The molecule has 0 radical (unpaired) electrons. The van der Waals surface area contributed by atoms with Crippen LogP contribution in [0.3, 0.4) is 0 Å². The normalized spacial score (nSPS) is 22.1. The Morgan fingerprint density at radius 2 is 1.95 bits per heavy atom. The molecule has 22 heavy (non-hydrogen) atoms. The number of hydrogen-bond donors (Lipinski definition) is 1. The number of rotatable bonds is 3. The van der Waals surface area contributed by atoms with Crippen LogP contribution < -0.4 is 5.73 Å². The third-order valence-electron chi connectivity index (χ3n) is 4.00. The van der Waals surface area contributed by atoms with Crippen molar-refractivity contribution in [2.45, 2.75) is 32.1 Å². The molecular formula is C14H21Cl3N2O2S. The molecule has 0 amide bonds. The van der Waals surface area contributed by atoms with Crippen LogP contribution in [0, 0.1) is 5.41 Å². The average Bonchev–Trinajstić information content (AvgIpc) is 2.36. The van der Waals surface area contributed by atoms with Gasteiger partial charge in [-0.15, -0.1) is 12.4 Å². The maximum atomic E-state index is 12.6. The fraction of sp³-hybridized carbons (Fsp3) is 0.571. The second-order valence-electron chi connectivity index (χ2n) is 6.22. The lowest BCUT2D eigenvalue weighted by atomic mass is 9.81. The lowest BCUT2D eigenvalue weighted by Gasteiger charge is -2.41. The number of benzene rings is 1. The van der Waals surface area contributed by atoms with Gasteiger partial charge in [0, 0.05) is 19.1 Å². The van der Waals surface area contributed by atoms with Crippen molar-refractivity contribution in [2.24, 2.45) is 11.1 Å². The summed E-state index contributed by atoms with van der Waals surface area (Å²) in [7, 11) is -3.38. The highest BCUT2D eigenvalue weighted by molar-refractivity contribution is 7.88. The number of hydrogen-bond acceptors (Lipinski definition) is 3. The Bertz CT molecular complexity index is 635. The fourth-order valence-electron chi connectivity index (χ4n) is 2.49. The van der Waals surface area contributed by atoms with Crippen molar-refractivity contribution >= 4 is 45.6 Å². The van der Waals surface area contributed by atoms with Gasteiger partial charge in [-0.2, -0.15) is 0 Å². The quantitative estimate of drug-likeness (QED) is 0.865. The predicted molar refractivity (Wildman–Crippen MR) is 94.3 cm³/mol. The molecule has 2 N–H and O–H groups in total. The minimum atomic E-state index is -3.38. The SMILES string of the molecule is CC1(C)CN(S(=O)(=O)Cc2ccc(Cl)c(Cl)c2)CCC1N.Cl. The van der Waals surface area contributed by atoms with Crippen molar-refractivity contribution in [2.75, 3.05) is 13.1 Å². The molecule has 1 aromatic rings. The van der Waals surface area contributed by atoms with Crippen molar-refractivity contribution in [1.82, 2.24) is 4.31 Å². The number of nitrogens with two attached hydrogens (primary N) is 1. The smallest absolute Gasteiger partial charge is 0.218 e. The summed E-state index contributed by atoms with van der Waals surface area (Å²) < 4.78 is 26.6. The molecule has 0 saturated carbocycles. The van der Waals surface area contributed by atoms with E-state index in [4.69, 9.17) is 28.9 Å². The van der Waals surface area contributed by atoms with Crippen molar-refractivity contribution in [3.8, 4) is 0 Å². The average molecular weight is 388 g/mol. The van der Waals surface area contributed by atoms with Crippen LogP contribution >= 0.6 is 35.6 Å². The summed E-state index contributed by atoms with van der Waals surface area (Å²) in [4.78, 5) is 0. The summed E-state index contributed by atoms with van der Waals surface area (Å²) in [6.45, 7) is 4.91. The van der Waals surface area contributed by atoms with Gasteiger partial charge in [0.15, 0.2) is 0 Å². The first-order valence-electron chi connectivity index (χ1n) is 6.79. The Morgan fingerprint density at radius 1 is 1.32 bits per heavy atom. The number of sulfonamides is 1. The van der Waals surface area contributed by atoms with E-state index < -0.39 is 10.0 Å². The van der Waals surface area contributed by atoms with Crippen LogP contribution in [0.4, 0.5) is 0 Å². The van der Waals surface area contributed by atoms with Crippen LogP contribution in [0.15, 0.2) is 18.2 Å². The van der Waals surface area contributed by atoms with E-state index in [2.05, 4.69) is 0 Å². The summed E-state index contributed by atoms with van der Waals surface area (Å²) >= 11 is 11.8. The van der Waals surface area contributed by atoms with E-state index in [1.165, 1.54) is 4.31 Å². The zero-order valence-corrected chi connectivity index (χ0v) is 15.7. The zero-order chi connectivity index (χ0) is 15.8. The third-order valence-corrected chi connectivity index (χ3v) is 6.54. The van der Waals surface area contributed by atoms with Crippen LogP contribution in [0.25, 0.3) is 0 Å². The van der Waals surface area contributed by atoms with Crippen LogP contribution in [0.1, 0.15) is 25.8 Å². The van der Waals surface area contributed by atoms with E-state index in [0.717, 1.165) is 0 Å². The van der Waals surface area contributed by atoms with Gasteiger partial charge in [-0.1, -0.05) is 43.1 Å². The van der Waals surface area contributed by atoms with Crippen LogP contribution in [0.2, 0.25) is 10.0 Å². The molecule has 0 spiro atoms. The summed E-state index contributed by atoms with van der Waals surface area (Å²) in [5.41, 5.74) is 6.47. The van der Waals surface area contributed by atoms with Gasteiger partial charge < -0.3 is 5.73 Å². The number of piperidine rings is 1. The van der Waals surface area contributed by atoms with E-state index >= 15 is 0 Å². The summed E-state index contributed by atoms with van der Waals surface area (Å²) in [5.74, 6) is -0.0742. The van der Waals surface area contributed by atoms with Gasteiger partial charge in [0.05, 0.1) is 15.8 Å². The molecule has 1 aromatic carbocycles. The monoisotopic (exact) mass is 386 g/mol. The van der Waals surface area contributed by atoms with Gasteiger partial charge in [-0.25, -0.2) is 12.7 Å². The molecule has 1 aliphatic heterocycles. The Morgan fingerprint density at radius 3 is 2.50 bits per heavy atom. The van der Waals surface area contributed by atoms with Crippen molar-refractivity contribution in [3.63, 3.8) is 0 Å². The molecule has 8 heteroatoms. The second kappa shape index (κ2) is 7.24. The topological polar surface area (TPSA) is 63.4 Å². The molecule has 2 rings (SSSR count). The van der Waals surface area contributed by atoms with Gasteiger partial charge in [0.1, 0.15) is 0 Å². The molecule has 1 fully saturated rings. The zero-order valence-electron chi connectivity index (χ0n) is 12.6. The lowest BCUT2D eigenvalue weighted by molar-refractivity contribution is 0.155. The maximum absolute atomic E-state index is 12.6. The summed E-state index contributed by atoms with van der Waals surface area (Å²) in [6.07, 6.45) is 0.674. The first-order valence-corrected chi connectivity index (χ1v) is 9.16. The van der Waals surface area contributed by atoms with Gasteiger partial charge in [0.2, 0.25) is 10.0 Å². The number of halogens is 3. The van der Waals surface area contributed by atoms with Crippen LogP contribution in [-0.2, 0) is 15.8 Å². The van der Waals surface area contributed by atoms with E-state index in [9.17, 15) is 8.42 Å². The molecule has 4 nitrogen and oxygen atoms in total. The molecule has 1 atom stereocenters. The van der Waals surface area contributed by atoms with Crippen LogP contribution in [0.5, 0.6) is 0 Å². The first kappa shape index (κ1) is 20.0. The molecule has 0 aromatic heterocycles. The van der Waals surface area contributed by atoms with Gasteiger partial charge in [0.25, 0.3) is 0 Å². The highest BCUT2D eigenvalue weighted by Gasteiger charge is 2.38. The van der Waals surface area contributed by atoms with Crippen molar-refractivity contribution in [3.05, 3.63) is 33.8 Å². The van der Waals surface area contributed by atoms with E-state index in [1.807, 2.05) is 13.8 Å². The first-order chi connectivity index (χ1) is 9.62. The minimum Gasteiger partial charge on any atom is -0.327 e. The Kier molecular flexibility index (Phi) is 6.58. The highest BCUT2D eigenvalue weighted by Crippen LogP contribution is 2.30. The molecule has 0 bridgehead atoms. The van der Waals surface area contributed by atoms with E-state index in [1.54, 1.807) is 18.2 Å². The Balaban J connectivity index is 0.00000242. The molecule has 1 heterocycles. The van der Waals surface area contributed by atoms with E-state index in [-0.39, 0.29) is 29.6 Å². The molecule has 0 aliphatic carbocycles. The molecular weight excluding hydrogens is 367 g/mol. The van der Waals surface area contributed by atoms with Crippen molar-refractivity contribution < 1.29 is 8.42 Å². The highest BCUT2D eigenvalue weighted by atomic mass is 35.5. The lowest BCUT2D eigenvalue weighted by Crippen LogP contribution is -2.54. The Labute approximate surface area is 148 Å². The second-order valence-corrected chi connectivity index (χ2v) is 9.01. The molecule has 1 saturated heterocycles.